The van der Waals surface area contributed by atoms with Crippen molar-refractivity contribution in [2.24, 2.45) is 0 Å². The fraction of sp³-hybridized carbons (Fsp3) is 0.115. The number of imidazole rings is 1. The quantitative estimate of drug-likeness (QED) is 0.459. The topological polar surface area (TPSA) is 66.1 Å². The smallest absolute Gasteiger partial charge is 0.261 e. The zero-order valence-corrected chi connectivity index (χ0v) is 16.9. The molecule has 0 unspecified atom stereocenters. The van der Waals surface area contributed by atoms with E-state index in [1.54, 1.807) is 24.3 Å². The number of fused-ring (bicyclic) bond motifs is 1. The van der Waals surface area contributed by atoms with Crippen LogP contribution >= 0.6 is 0 Å². The second-order valence-electron chi connectivity index (χ2n) is 7.55. The molecule has 0 bridgehead atoms. The molecule has 4 aromatic rings. The maximum Gasteiger partial charge on any atom is 0.261 e. The van der Waals surface area contributed by atoms with E-state index >= 15 is 0 Å². The molecule has 5 heteroatoms. The van der Waals surface area contributed by atoms with Gasteiger partial charge in [0.15, 0.2) is 0 Å². The number of aromatic nitrogens is 2. The van der Waals surface area contributed by atoms with E-state index in [9.17, 15) is 9.59 Å². The highest BCUT2D eigenvalue weighted by molar-refractivity contribution is 6.21. The minimum absolute atomic E-state index is 0.213. The number of imide groups is 1. The summed E-state index contributed by atoms with van der Waals surface area (Å²) in [5.41, 5.74) is 4.97. The Morgan fingerprint density at radius 1 is 0.710 bits per heavy atom. The molecule has 152 valence electrons. The number of amides is 2. The Kier molecular flexibility index (Phi) is 4.92. The molecule has 2 amide bonds. The van der Waals surface area contributed by atoms with Crippen LogP contribution in [0, 0.1) is 0 Å². The van der Waals surface area contributed by atoms with E-state index in [2.05, 4.69) is 17.1 Å². The van der Waals surface area contributed by atoms with Crippen LogP contribution in [0.4, 0.5) is 0 Å². The second-order valence-corrected chi connectivity index (χ2v) is 7.55. The molecule has 0 aliphatic carbocycles. The lowest BCUT2D eigenvalue weighted by Gasteiger charge is -2.12. The standard InChI is InChI=1S/C26H21N3O2/c30-25-20-14-7-8-15-21(20)26(31)29(25)17-9-16-22-27-23(18-10-3-1-4-11-18)24(28-22)19-12-5-2-6-13-19/h1-8,10-15H,9,16-17H2,(H,27,28). The summed E-state index contributed by atoms with van der Waals surface area (Å²) in [6.45, 7) is 0.369. The largest absolute Gasteiger partial charge is 0.341 e. The molecule has 0 fully saturated rings. The Balaban J connectivity index is 1.35. The first-order chi connectivity index (χ1) is 15.2. The van der Waals surface area contributed by atoms with Gasteiger partial charge in [-0.3, -0.25) is 14.5 Å². The van der Waals surface area contributed by atoms with Crippen molar-refractivity contribution in [1.82, 2.24) is 14.9 Å². The van der Waals surface area contributed by atoms with Gasteiger partial charge in [0.2, 0.25) is 0 Å². The molecule has 2 heterocycles. The zero-order valence-electron chi connectivity index (χ0n) is 16.9. The van der Waals surface area contributed by atoms with Gasteiger partial charge >= 0.3 is 0 Å². The first-order valence-corrected chi connectivity index (χ1v) is 10.4. The molecule has 1 N–H and O–H groups in total. The lowest BCUT2D eigenvalue weighted by molar-refractivity contribution is 0.0652. The molecule has 3 aromatic carbocycles. The Morgan fingerprint density at radius 2 is 1.26 bits per heavy atom. The van der Waals surface area contributed by atoms with Crippen LogP contribution in [-0.4, -0.2) is 33.2 Å². The molecular formula is C26H21N3O2. The molecule has 0 saturated carbocycles. The molecule has 1 aromatic heterocycles. The lowest BCUT2D eigenvalue weighted by atomic mass is 10.1. The number of carbonyl (C=O) groups excluding carboxylic acids is 2. The van der Waals surface area contributed by atoms with E-state index in [4.69, 9.17) is 4.98 Å². The van der Waals surface area contributed by atoms with Gasteiger partial charge in [-0.2, -0.15) is 0 Å². The summed E-state index contributed by atoms with van der Waals surface area (Å²) >= 11 is 0. The summed E-state index contributed by atoms with van der Waals surface area (Å²) in [4.78, 5) is 34.8. The van der Waals surface area contributed by atoms with Crippen molar-refractivity contribution in [2.45, 2.75) is 12.8 Å². The van der Waals surface area contributed by atoms with Gasteiger partial charge in [0.05, 0.1) is 22.5 Å². The number of nitrogens with one attached hydrogen (secondary N) is 1. The van der Waals surface area contributed by atoms with Gasteiger partial charge in [0.25, 0.3) is 11.8 Å². The van der Waals surface area contributed by atoms with Crippen molar-refractivity contribution in [1.29, 1.82) is 0 Å². The SMILES string of the molecule is O=C1c2ccccc2C(=O)N1CCCc1nc(-c2ccccc2)c(-c2ccccc2)[nH]1. The van der Waals surface area contributed by atoms with E-state index in [1.807, 2.05) is 48.5 Å². The van der Waals surface area contributed by atoms with Crippen molar-refractivity contribution in [3.05, 3.63) is 102 Å². The van der Waals surface area contributed by atoms with Crippen LogP contribution in [-0.2, 0) is 6.42 Å². The van der Waals surface area contributed by atoms with Crippen LogP contribution in [0.1, 0.15) is 33.0 Å². The number of nitrogens with zero attached hydrogens (tertiary/aromatic N) is 2. The number of hydrogen-bond acceptors (Lipinski definition) is 3. The van der Waals surface area contributed by atoms with Crippen molar-refractivity contribution < 1.29 is 9.59 Å². The number of aromatic amines is 1. The van der Waals surface area contributed by atoms with E-state index in [-0.39, 0.29) is 11.8 Å². The lowest BCUT2D eigenvalue weighted by Crippen LogP contribution is -2.31. The number of aryl methyl sites for hydroxylation is 1. The summed E-state index contributed by atoms with van der Waals surface area (Å²) in [6.07, 6.45) is 1.28. The van der Waals surface area contributed by atoms with E-state index in [0.29, 0.717) is 30.5 Å². The van der Waals surface area contributed by atoms with Crippen LogP contribution in [0.25, 0.3) is 22.5 Å². The number of H-pyrrole nitrogens is 1. The van der Waals surface area contributed by atoms with E-state index in [1.165, 1.54) is 4.90 Å². The molecule has 1 aliphatic rings. The Morgan fingerprint density at radius 3 is 1.87 bits per heavy atom. The molecule has 5 rings (SSSR count). The molecule has 0 spiro atoms. The monoisotopic (exact) mass is 407 g/mol. The Labute approximate surface area is 180 Å². The number of rotatable bonds is 6. The number of benzene rings is 3. The van der Waals surface area contributed by atoms with Crippen LogP contribution in [0.15, 0.2) is 84.9 Å². The Hall–Kier alpha value is -3.99. The molecule has 31 heavy (non-hydrogen) atoms. The van der Waals surface area contributed by atoms with Gasteiger partial charge < -0.3 is 4.98 Å². The van der Waals surface area contributed by atoms with Crippen LogP contribution < -0.4 is 0 Å². The average molecular weight is 407 g/mol. The van der Waals surface area contributed by atoms with Crippen molar-refractivity contribution in [2.75, 3.05) is 6.54 Å². The van der Waals surface area contributed by atoms with Crippen molar-refractivity contribution in [3.63, 3.8) is 0 Å². The average Bonchev–Trinajstić information content (AvgIpc) is 3.36. The number of hydrogen-bond donors (Lipinski definition) is 1. The first-order valence-electron chi connectivity index (χ1n) is 10.4. The van der Waals surface area contributed by atoms with Crippen LogP contribution in [0.3, 0.4) is 0 Å². The zero-order chi connectivity index (χ0) is 21.2. The van der Waals surface area contributed by atoms with Crippen molar-refractivity contribution >= 4 is 11.8 Å². The predicted molar refractivity (Wildman–Crippen MR) is 120 cm³/mol. The highest BCUT2D eigenvalue weighted by Gasteiger charge is 2.34. The third-order valence-electron chi connectivity index (χ3n) is 5.54. The summed E-state index contributed by atoms with van der Waals surface area (Å²) < 4.78 is 0. The van der Waals surface area contributed by atoms with Crippen LogP contribution in [0.5, 0.6) is 0 Å². The molecule has 0 atom stereocenters. The summed E-state index contributed by atoms with van der Waals surface area (Å²) in [5, 5.41) is 0. The highest BCUT2D eigenvalue weighted by Crippen LogP contribution is 2.30. The maximum atomic E-state index is 12.6. The molecule has 5 nitrogen and oxygen atoms in total. The van der Waals surface area contributed by atoms with Gasteiger partial charge in [-0.05, 0) is 18.6 Å². The minimum atomic E-state index is -0.213. The fourth-order valence-corrected chi connectivity index (χ4v) is 4.01. The molecule has 0 radical (unpaired) electrons. The van der Waals surface area contributed by atoms with Gasteiger partial charge in [-0.1, -0.05) is 72.8 Å². The summed E-state index contributed by atoms with van der Waals surface area (Å²) in [5.74, 6) is 0.416. The molecule has 1 aliphatic heterocycles. The molecular weight excluding hydrogens is 386 g/mol. The third-order valence-corrected chi connectivity index (χ3v) is 5.54. The van der Waals surface area contributed by atoms with Crippen molar-refractivity contribution in [3.8, 4) is 22.5 Å². The van der Waals surface area contributed by atoms with Gasteiger partial charge in [0.1, 0.15) is 5.82 Å². The highest BCUT2D eigenvalue weighted by atomic mass is 16.2. The van der Waals surface area contributed by atoms with E-state index in [0.717, 1.165) is 28.3 Å². The summed E-state index contributed by atoms with van der Waals surface area (Å²) in [6, 6.07) is 27.2. The van der Waals surface area contributed by atoms with E-state index < -0.39 is 0 Å². The summed E-state index contributed by atoms with van der Waals surface area (Å²) in [7, 11) is 0. The second kappa shape index (κ2) is 8.03. The predicted octanol–water partition coefficient (Wildman–Crippen LogP) is 4.97. The van der Waals surface area contributed by atoms with Crippen LogP contribution in [0.2, 0.25) is 0 Å². The van der Waals surface area contributed by atoms with Gasteiger partial charge in [-0.25, -0.2) is 4.98 Å². The minimum Gasteiger partial charge on any atom is -0.341 e. The first kappa shape index (κ1) is 19.0. The van der Waals surface area contributed by atoms with Gasteiger partial charge in [-0.15, -0.1) is 0 Å². The molecule has 0 saturated heterocycles. The normalized spacial score (nSPS) is 13.0. The van der Waals surface area contributed by atoms with Gasteiger partial charge in [0, 0.05) is 24.1 Å². The Bertz CT molecular complexity index is 1150. The number of carbonyl (C=O) groups is 2. The fourth-order valence-electron chi connectivity index (χ4n) is 4.01. The third kappa shape index (κ3) is 3.55. The maximum absolute atomic E-state index is 12.6.